The quantitative estimate of drug-likeness (QED) is 0.902. The van der Waals surface area contributed by atoms with Crippen molar-refractivity contribution in [1.82, 2.24) is 15.1 Å². The Morgan fingerprint density at radius 1 is 1.21 bits per heavy atom. The molecular weight excluding hydrogens is 327 g/mol. The SMILES string of the molecule is CCNC(=O)Cn1nc(-c2ccc(OC(F)(F)F)cc2)ccc1=O. The van der Waals surface area contributed by atoms with Crippen LogP contribution in [0.3, 0.4) is 0 Å². The van der Waals surface area contributed by atoms with E-state index in [9.17, 15) is 22.8 Å². The average molecular weight is 341 g/mol. The lowest BCUT2D eigenvalue weighted by Crippen LogP contribution is -2.33. The molecular formula is C15H14F3N3O3. The molecule has 0 saturated heterocycles. The number of hydrogen-bond donors (Lipinski definition) is 1. The van der Waals surface area contributed by atoms with Gasteiger partial charge in [-0.3, -0.25) is 9.59 Å². The van der Waals surface area contributed by atoms with E-state index in [1.165, 1.54) is 24.3 Å². The largest absolute Gasteiger partial charge is 0.573 e. The monoisotopic (exact) mass is 341 g/mol. The number of rotatable bonds is 5. The van der Waals surface area contributed by atoms with Crippen molar-refractivity contribution in [3.63, 3.8) is 0 Å². The third-order valence-corrected chi connectivity index (χ3v) is 2.92. The minimum Gasteiger partial charge on any atom is -0.406 e. The third-order valence-electron chi connectivity index (χ3n) is 2.92. The number of carbonyl (C=O) groups excluding carboxylic acids is 1. The van der Waals surface area contributed by atoms with Crippen molar-refractivity contribution in [2.24, 2.45) is 0 Å². The summed E-state index contributed by atoms with van der Waals surface area (Å²) in [6.45, 7) is 1.93. The highest BCUT2D eigenvalue weighted by molar-refractivity contribution is 5.75. The summed E-state index contributed by atoms with van der Waals surface area (Å²) in [6, 6.07) is 7.71. The van der Waals surface area contributed by atoms with Crippen molar-refractivity contribution < 1.29 is 22.7 Å². The maximum Gasteiger partial charge on any atom is 0.573 e. The van der Waals surface area contributed by atoms with E-state index in [2.05, 4.69) is 15.2 Å². The summed E-state index contributed by atoms with van der Waals surface area (Å²) in [6.07, 6.45) is -4.76. The molecule has 0 aliphatic heterocycles. The predicted molar refractivity (Wildman–Crippen MR) is 79.3 cm³/mol. The maximum atomic E-state index is 12.1. The third kappa shape index (κ3) is 4.83. The Kier molecular flexibility index (Phi) is 5.22. The Labute approximate surface area is 134 Å². The lowest BCUT2D eigenvalue weighted by atomic mass is 10.1. The first-order valence-electron chi connectivity index (χ1n) is 6.99. The number of amides is 1. The maximum absolute atomic E-state index is 12.1. The second kappa shape index (κ2) is 7.16. The van der Waals surface area contributed by atoms with E-state index in [4.69, 9.17) is 0 Å². The fourth-order valence-corrected chi connectivity index (χ4v) is 1.93. The van der Waals surface area contributed by atoms with E-state index >= 15 is 0 Å². The lowest BCUT2D eigenvalue weighted by Gasteiger charge is -2.10. The minimum absolute atomic E-state index is 0.240. The van der Waals surface area contributed by atoms with Gasteiger partial charge in [-0.05, 0) is 37.3 Å². The normalized spacial score (nSPS) is 11.2. The van der Waals surface area contributed by atoms with Crippen LogP contribution in [-0.4, -0.2) is 28.6 Å². The van der Waals surface area contributed by atoms with Crippen molar-refractivity contribution in [2.75, 3.05) is 6.54 Å². The molecule has 0 radical (unpaired) electrons. The zero-order valence-corrected chi connectivity index (χ0v) is 12.6. The summed E-state index contributed by atoms with van der Waals surface area (Å²) in [4.78, 5) is 23.3. The summed E-state index contributed by atoms with van der Waals surface area (Å²) < 4.78 is 41.2. The van der Waals surface area contributed by atoms with Crippen LogP contribution in [0.15, 0.2) is 41.2 Å². The molecule has 9 heteroatoms. The standard InChI is InChI=1S/C15H14F3N3O3/c1-2-19-13(22)9-21-14(23)8-7-12(20-21)10-3-5-11(6-4-10)24-15(16,17)18/h3-8H,2,9H2,1H3,(H,19,22). The highest BCUT2D eigenvalue weighted by Crippen LogP contribution is 2.25. The van der Waals surface area contributed by atoms with Crippen molar-refractivity contribution in [2.45, 2.75) is 19.8 Å². The zero-order valence-electron chi connectivity index (χ0n) is 12.6. The Morgan fingerprint density at radius 2 is 1.88 bits per heavy atom. The van der Waals surface area contributed by atoms with Gasteiger partial charge >= 0.3 is 6.36 Å². The molecule has 0 bridgehead atoms. The highest BCUT2D eigenvalue weighted by atomic mass is 19.4. The van der Waals surface area contributed by atoms with Gasteiger partial charge in [-0.1, -0.05) is 0 Å². The van der Waals surface area contributed by atoms with Crippen molar-refractivity contribution in [3.8, 4) is 17.0 Å². The molecule has 0 saturated carbocycles. The van der Waals surface area contributed by atoms with Gasteiger partial charge < -0.3 is 10.1 Å². The van der Waals surface area contributed by atoms with Crippen LogP contribution >= 0.6 is 0 Å². The van der Waals surface area contributed by atoms with Gasteiger partial charge in [-0.15, -0.1) is 13.2 Å². The van der Waals surface area contributed by atoms with Gasteiger partial charge in [-0.2, -0.15) is 5.10 Å². The number of carbonyl (C=O) groups is 1. The molecule has 0 aliphatic carbocycles. The predicted octanol–water partition coefficient (Wildman–Crippen LogP) is 1.94. The fraction of sp³-hybridized carbons (Fsp3) is 0.267. The van der Waals surface area contributed by atoms with Crippen LogP contribution in [0.5, 0.6) is 5.75 Å². The molecule has 0 fully saturated rings. The molecule has 6 nitrogen and oxygen atoms in total. The minimum atomic E-state index is -4.76. The Morgan fingerprint density at radius 3 is 2.46 bits per heavy atom. The molecule has 2 aromatic rings. The Balaban J connectivity index is 2.23. The van der Waals surface area contributed by atoms with Crippen LogP contribution in [0, 0.1) is 0 Å². The molecule has 0 aliphatic rings. The number of aromatic nitrogens is 2. The molecule has 1 N–H and O–H groups in total. The van der Waals surface area contributed by atoms with Gasteiger partial charge in [0.2, 0.25) is 5.91 Å². The van der Waals surface area contributed by atoms with E-state index < -0.39 is 11.9 Å². The number of benzene rings is 1. The van der Waals surface area contributed by atoms with Gasteiger partial charge in [0, 0.05) is 18.2 Å². The van der Waals surface area contributed by atoms with Crippen molar-refractivity contribution in [1.29, 1.82) is 0 Å². The van der Waals surface area contributed by atoms with Crippen LogP contribution in [0.4, 0.5) is 13.2 Å². The van der Waals surface area contributed by atoms with E-state index in [0.29, 0.717) is 17.8 Å². The van der Waals surface area contributed by atoms with E-state index in [0.717, 1.165) is 16.8 Å². The number of nitrogens with one attached hydrogen (secondary N) is 1. The molecule has 1 heterocycles. The van der Waals surface area contributed by atoms with Crippen LogP contribution in [0.2, 0.25) is 0 Å². The first-order valence-corrected chi connectivity index (χ1v) is 6.99. The number of nitrogens with zero attached hydrogens (tertiary/aromatic N) is 2. The number of likely N-dealkylation sites (N-methyl/N-ethyl adjacent to an activating group) is 1. The van der Waals surface area contributed by atoms with Gasteiger partial charge in [0.1, 0.15) is 12.3 Å². The Hall–Kier alpha value is -2.84. The van der Waals surface area contributed by atoms with Gasteiger partial charge in [0.15, 0.2) is 0 Å². The van der Waals surface area contributed by atoms with E-state index in [1.807, 2.05) is 0 Å². The molecule has 2 rings (SSSR count). The average Bonchev–Trinajstić information content (AvgIpc) is 2.49. The van der Waals surface area contributed by atoms with Crippen LogP contribution < -0.4 is 15.6 Å². The molecule has 24 heavy (non-hydrogen) atoms. The molecule has 128 valence electrons. The summed E-state index contributed by atoms with van der Waals surface area (Å²) in [5.74, 6) is -0.722. The van der Waals surface area contributed by atoms with E-state index in [-0.39, 0.29) is 18.2 Å². The van der Waals surface area contributed by atoms with Crippen molar-refractivity contribution >= 4 is 5.91 Å². The molecule has 1 aromatic heterocycles. The summed E-state index contributed by atoms with van der Waals surface area (Å²) in [7, 11) is 0. The van der Waals surface area contributed by atoms with Gasteiger partial charge in [0.05, 0.1) is 5.69 Å². The van der Waals surface area contributed by atoms with Crippen molar-refractivity contribution in [3.05, 3.63) is 46.8 Å². The first-order chi connectivity index (χ1) is 11.3. The molecule has 1 aromatic carbocycles. The number of ether oxygens (including phenoxy) is 1. The second-order valence-corrected chi connectivity index (χ2v) is 4.74. The van der Waals surface area contributed by atoms with E-state index in [1.54, 1.807) is 6.92 Å². The second-order valence-electron chi connectivity index (χ2n) is 4.74. The van der Waals surface area contributed by atoms with Gasteiger partial charge in [0.25, 0.3) is 5.56 Å². The number of hydrogen-bond acceptors (Lipinski definition) is 4. The molecule has 0 atom stereocenters. The zero-order chi connectivity index (χ0) is 17.7. The van der Waals surface area contributed by atoms with Crippen LogP contribution in [0.1, 0.15) is 6.92 Å². The smallest absolute Gasteiger partial charge is 0.406 e. The molecule has 0 spiro atoms. The fourth-order valence-electron chi connectivity index (χ4n) is 1.93. The summed E-state index contributed by atoms with van der Waals surface area (Å²) in [5.41, 5.74) is 0.369. The number of alkyl halides is 3. The van der Waals surface area contributed by atoms with Crippen LogP contribution in [-0.2, 0) is 11.3 Å². The summed E-state index contributed by atoms with van der Waals surface area (Å²) >= 11 is 0. The topological polar surface area (TPSA) is 73.2 Å². The van der Waals surface area contributed by atoms with Gasteiger partial charge in [-0.25, -0.2) is 4.68 Å². The highest BCUT2D eigenvalue weighted by Gasteiger charge is 2.30. The number of halogens is 3. The molecule has 0 unspecified atom stereocenters. The van der Waals surface area contributed by atoms with Crippen LogP contribution in [0.25, 0.3) is 11.3 Å². The Bertz CT molecular complexity index is 770. The molecule has 1 amide bonds. The first kappa shape index (κ1) is 17.5. The summed E-state index contributed by atoms with van der Waals surface area (Å²) in [5, 5.41) is 6.60. The lowest BCUT2D eigenvalue weighted by molar-refractivity contribution is -0.274.